The van der Waals surface area contributed by atoms with E-state index in [1.165, 1.54) is 25.7 Å². The molecular formula is C17H27NO2. The van der Waals surface area contributed by atoms with Crippen LogP contribution in [0.25, 0.3) is 0 Å². The van der Waals surface area contributed by atoms with Crippen molar-refractivity contribution in [3.8, 4) is 11.5 Å². The molecule has 1 fully saturated rings. The van der Waals surface area contributed by atoms with E-state index in [0.29, 0.717) is 17.2 Å². The Bertz CT molecular complexity index is 446. The monoisotopic (exact) mass is 277 g/mol. The second-order valence-corrected chi connectivity index (χ2v) is 6.76. The van der Waals surface area contributed by atoms with Gasteiger partial charge in [0.1, 0.15) is 0 Å². The molecule has 20 heavy (non-hydrogen) atoms. The molecule has 0 spiro atoms. The van der Waals surface area contributed by atoms with E-state index in [9.17, 15) is 5.11 Å². The molecule has 1 aliphatic carbocycles. The third-order valence-electron chi connectivity index (χ3n) is 4.53. The fraction of sp³-hybridized carbons (Fsp3) is 0.647. The number of benzene rings is 1. The molecule has 1 atom stereocenters. The van der Waals surface area contributed by atoms with Crippen molar-refractivity contribution in [3.63, 3.8) is 0 Å². The van der Waals surface area contributed by atoms with Crippen LogP contribution < -0.4 is 10.1 Å². The number of hydrogen-bond acceptors (Lipinski definition) is 3. The van der Waals surface area contributed by atoms with Gasteiger partial charge in [-0.15, -0.1) is 0 Å². The lowest BCUT2D eigenvalue weighted by Crippen LogP contribution is -2.37. The molecule has 0 amide bonds. The van der Waals surface area contributed by atoms with Crippen molar-refractivity contribution in [2.75, 3.05) is 7.11 Å². The fourth-order valence-electron chi connectivity index (χ4n) is 2.98. The van der Waals surface area contributed by atoms with Gasteiger partial charge in [0.2, 0.25) is 0 Å². The molecular weight excluding hydrogens is 250 g/mol. The molecule has 1 aromatic carbocycles. The molecule has 1 aromatic rings. The Morgan fingerprint density at radius 2 is 1.95 bits per heavy atom. The lowest BCUT2D eigenvalue weighted by atomic mass is 9.75. The highest BCUT2D eigenvalue weighted by Crippen LogP contribution is 2.36. The van der Waals surface area contributed by atoms with Crippen molar-refractivity contribution < 1.29 is 9.84 Å². The van der Waals surface area contributed by atoms with Crippen LogP contribution in [0.5, 0.6) is 11.5 Å². The molecule has 0 aromatic heterocycles. The van der Waals surface area contributed by atoms with E-state index in [1.807, 2.05) is 12.1 Å². The molecule has 0 heterocycles. The van der Waals surface area contributed by atoms with Gasteiger partial charge in [0.25, 0.3) is 0 Å². The number of hydrogen-bond donors (Lipinski definition) is 2. The number of phenols is 1. The SMILES string of the molecule is COc1cc(C(C)NC2CCC(C)(C)CC2)ccc1O. The van der Waals surface area contributed by atoms with Crippen LogP contribution in [0.3, 0.4) is 0 Å². The van der Waals surface area contributed by atoms with Gasteiger partial charge in [-0.3, -0.25) is 0 Å². The van der Waals surface area contributed by atoms with E-state index in [0.717, 1.165) is 5.56 Å². The highest BCUT2D eigenvalue weighted by molar-refractivity contribution is 5.42. The van der Waals surface area contributed by atoms with Crippen LogP contribution in [0.1, 0.15) is 58.1 Å². The number of aromatic hydroxyl groups is 1. The fourth-order valence-corrected chi connectivity index (χ4v) is 2.98. The van der Waals surface area contributed by atoms with E-state index >= 15 is 0 Å². The zero-order valence-electron chi connectivity index (χ0n) is 13.1. The van der Waals surface area contributed by atoms with Crippen molar-refractivity contribution in [3.05, 3.63) is 23.8 Å². The van der Waals surface area contributed by atoms with Crippen LogP contribution in [0.4, 0.5) is 0 Å². The zero-order valence-corrected chi connectivity index (χ0v) is 13.1. The first kappa shape index (κ1) is 15.2. The average Bonchev–Trinajstić information content (AvgIpc) is 2.41. The summed E-state index contributed by atoms with van der Waals surface area (Å²) in [5.74, 6) is 0.740. The summed E-state index contributed by atoms with van der Waals surface area (Å²) < 4.78 is 5.18. The van der Waals surface area contributed by atoms with E-state index in [2.05, 4.69) is 26.1 Å². The minimum absolute atomic E-state index is 0.197. The topological polar surface area (TPSA) is 41.5 Å². The minimum atomic E-state index is 0.197. The van der Waals surface area contributed by atoms with E-state index in [1.54, 1.807) is 13.2 Å². The molecule has 0 radical (unpaired) electrons. The van der Waals surface area contributed by atoms with Gasteiger partial charge in [0.05, 0.1) is 7.11 Å². The normalized spacial score (nSPS) is 20.6. The molecule has 1 unspecified atom stereocenters. The second-order valence-electron chi connectivity index (χ2n) is 6.76. The van der Waals surface area contributed by atoms with Crippen molar-refractivity contribution in [2.24, 2.45) is 5.41 Å². The van der Waals surface area contributed by atoms with Crippen molar-refractivity contribution in [1.29, 1.82) is 0 Å². The summed E-state index contributed by atoms with van der Waals surface area (Å²) in [7, 11) is 1.58. The summed E-state index contributed by atoms with van der Waals surface area (Å²) in [4.78, 5) is 0. The first-order chi connectivity index (χ1) is 9.41. The van der Waals surface area contributed by atoms with Crippen LogP contribution in [-0.4, -0.2) is 18.3 Å². The highest BCUT2D eigenvalue weighted by Gasteiger charge is 2.27. The number of methoxy groups -OCH3 is 1. The van der Waals surface area contributed by atoms with Crippen LogP contribution in [0.15, 0.2) is 18.2 Å². The summed E-state index contributed by atoms with van der Waals surface area (Å²) in [6.07, 6.45) is 5.06. The Hall–Kier alpha value is -1.22. The van der Waals surface area contributed by atoms with Gasteiger partial charge in [0.15, 0.2) is 11.5 Å². The summed E-state index contributed by atoms with van der Waals surface area (Å²) >= 11 is 0. The van der Waals surface area contributed by atoms with Gasteiger partial charge in [0, 0.05) is 12.1 Å². The van der Waals surface area contributed by atoms with E-state index in [4.69, 9.17) is 4.74 Å². The highest BCUT2D eigenvalue weighted by atomic mass is 16.5. The Morgan fingerprint density at radius 1 is 1.30 bits per heavy atom. The zero-order chi connectivity index (χ0) is 14.8. The minimum Gasteiger partial charge on any atom is -0.504 e. The summed E-state index contributed by atoms with van der Waals surface area (Å²) in [6.45, 7) is 6.89. The Kier molecular flexibility index (Phi) is 4.59. The predicted molar refractivity (Wildman–Crippen MR) is 82.2 cm³/mol. The largest absolute Gasteiger partial charge is 0.504 e. The molecule has 1 saturated carbocycles. The number of rotatable bonds is 4. The van der Waals surface area contributed by atoms with Crippen LogP contribution in [0.2, 0.25) is 0 Å². The van der Waals surface area contributed by atoms with Crippen molar-refractivity contribution in [1.82, 2.24) is 5.32 Å². The quantitative estimate of drug-likeness (QED) is 0.873. The standard InChI is InChI=1S/C17H27NO2/c1-12(13-5-6-15(19)16(11-13)20-4)18-14-7-9-17(2,3)10-8-14/h5-6,11-12,14,18-19H,7-10H2,1-4H3. The van der Waals surface area contributed by atoms with Crippen molar-refractivity contribution >= 4 is 0 Å². The first-order valence-electron chi connectivity index (χ1n) is 7.54. The number of ether oxygens (including phenoxy) is 1. The lowest BCUT2D eigenvalue weighted by molar-refractivity contribution is 0.200. The van der Waals surface area contributed by atoms with Gasteiger partial charge in [-0.1, -0.05) is 19.9 Å². The van der Waals surface area contributed by atoms with Gasteiger partial charge >= 0.3 is 0 Å². The first-order valence-corrected chi connectivity index (χ1v) is 7.54. The molecule has 112 valence electrons. The van der Waals surface area contributed by atoms with Crippen LogP contribution in [0, 0.1) is 5.41 Å². The van der Waals surface area contributed by atoms with Gasteiger partial charge in [-0.25, -0.2) is 0 Å². The van der Waals surface area contributed by atoms with Gasteiger partial charge < -0.3 is 15.2 Å². The smallest absolute Gasteiger partial charge is 0.160 e. The summed E-state index contributed by atoms with van der Waals surface area (Å²) in [6, 6.07) is 6.45. The van der Waals surface area contributed by atoms with Gasteiger partial charge in [-0.2, -0.15) is 0 Å². The molecule has 3 heteroatoms. The van der Waals surface area contributed by atoms with Crippen molar-refractivity contribution in [2.45, 2.75) is 58.5 Å². The van der Waals surface area contributed by atoms with Crippen LogP contribution in [-0.2, 0) is 0 Å². The van der Waals surface area contributed by atoms with E-state index < -0.39 is 0 Å². The third-order valence-corrected chi connectivity index (χ3v) is 4.53. The van der Waals surface area contributed by atoms with E-state index in [-0.39, 0.29) is 11.8 Å². The predicted octanol–water partition coefficient (Wildman–Crippen LogP) is 4.02. The maximum Gasteiger partial charge on any atom is 0.160 e. The maximum absolute atomic E-state index is 9.65. The Balaban J connectivity index is 1.97. The summed E-state index contributed by atoms with van der Waals surface area (Å²) in [5.41, 5.74) is 1.66. The molecule has 1 aliphatic rings. The molecule has 3 nitrogen and oxygen atoms in total. The molecule has 0 aliphatic heterocycles. The maximum atomic E-state index is 9.65. The third kappa shape index (κ3) is 3.66. The average molecular weight is 277 g/mol. The second kappa shape index (κ2) is 6.04. The Labute approximate surface area is 122 Å². The van der Waals surface area contributed by atoms with Gasteiger partial charge in [-0.05, 0) is 55.7 Å². The molecule has 0 bridgehead atoms. The molecule has 2 N–H and O–H groups in total. The molecule has 0 saturated heterocycles. The lowest BCUT2D eigenvalue weighted by Gasteiger charge is -2.36. The molecule has 2 rings (SSSR count). The van der Waals surface area contributed by atoms with Crippen LogP contribution >= 0.6 is 0 Å². The number of phenolic OH excluding ortho intramolecular Hbond substituents is 1. The number of nitrogens with one attached hydrogen (secondary N) is 1. The summed E-state index contributed by atoms with van der Waals surface area (Å²) in [5, 5.41) is 13.4. The Morgan fingerprint density at radius 3 is 2.55 bits per heavy atom.